The van der Waals surface area contributed by atoms with Gasteiger partial charge in [-0.1, -0.05) is 37.1 Å². The largest absolute Gasteiger partial charge is 0.494 e. The average Bonchev–Trinajstić information content (AvgIpc) is 3.63. The van der Waals surface area contributed by atoms with Crippen LogP contribution in [0.4, 0.5) is 4.79 Å². The Morgan fingerprint density at radius 1 is 1.04 bits per heavy atom. The zero-order chi connectivity index (χ0) is 37.0. The number of amides is 3. The fraction of sp³-hybridized carbons (Fsp3) is 0.487. The van der Waals surface area contributed by atoms with Crippen LogP contribution in [-0.4, -0.2) is 86.3 Å². The summed E-state index contributed by atoms with van der Waals surface area (Å²) in [4.78, 5) is 65.1. The van der Waals surface area contributed by atoms with Gasteiger partial charge in [0.05, 0.1) is 24.2 Å². The standard InChI is InChI=1S/C39H47N5O8/c1-5-50-26-19-17-24(18-20-26)32-34(41-29-15-12-11-14-28(29)40-32)51-27-21-31-33(45)43-39(36(47)48)22-25(39)13-9-7-6-8-10-16-30(35(46)44(31)23-27)42-37(49)52-38(2,3)4/h9,11-15,17-20,25,27,30-31H,5-8,10,16,21-23H2,1-4H3,(H,42,49)(H,43,45)(H,47,48)/b13-9-/t25?,27-,30+,31?,39?/m1/s1. The molecule has 3 N–H and O–H groups in total. The Balaban J connectivity index is 1.33. The van der Waals surface area contributed by atoms with Gasteiger partial charge in [-0.25, -0.2) is 19.6 Å². The number of allylic oxidation sites excluding steroid dienone is 1. The van der Waals surface area contributed by atoms with Crippen molar-refractivity contribution in [2.45, 2.75) is 102 Å². The van der Waals surface area contributed by atoms with E-state index in [1.54, 1.807) is 20.8 Å². The average molecular weight is 714 g/mol. The molecule has 5 atom stereocenters. The summed E-state index contributed by atoms with van der Waals surface area (Å²) < 4.78 is 17.7. The Hall–Kier alpha value is -5.20. The van der Waals surface area contributed by atoms with Crippen molar-refractivity contribution in [1.29, 1.82) is 0 Å². The van der Waals surface area contributed by atoms with Crippen molar-refractivity contribution in [3.05, 3.63) is 60.7 Å². The number of alkyl carbamates (subject to hydrolysis) is 1. The number of hydrogen-bond acceptors (Lipinski definition) is 9. The van der Waals surface area contributed by atoms with Gasteiger partial charge in [0.2, 0.25) is 17.7 Å². The molecule has 3 amide bonds. The minimum Gasteiger partial charge on any atom is -0.494 e. The molecule has 1 saturated carbocycles. The van der Waals surface area contributed by atoms with Crippen LogP contribution in [0.3, 0.4) is 0 Å². The van der Waals surface area contributed by atoms with Gasteiger partial charge in [-0.05, 0) is 89.8 Å². The summed E-state index contributed by atoms with van der Waals surface area (Å²) in [7, 11) is 0. The number of rotatable bonds is 7. The number of nitrogens with zero attached hydrogens (tertiary/aromatic N) is 3. The third-order valence-corrected chi connectivity index (χ3v) is 9.57. The van der Waals surface area contributed by atoms with Gasteiger partial charge in [-0.15, -0.1) is 0 Å². The third kappa shape index (κ3) is 8.29. The molecule has 3 heterocycles. The molecule has 3 aromatic rings. The Morgan fingerprint density at radius 3 is 2.46 bits per heavy atom. The SMILES string of the molecule is CCOc1ccc(-c2nc3ccccc3nc2O[C@@H]2CC3C(=O)NC4(C(=O)O)CC4/C=C\CCCCC[C@H](NC(=O)OC(C)(C)C)C(=O)N3C2)cc1. The number of aromatic nitrogens is 2. The highest BCUT2D eigenvalue weighted by molar-refractivity contribution is 5.96. The Bertz CT molecular complexity index is 1840. The Kier molecular flexibility index (Phi) is 10.7. The predicted molar refractivity (Wildman–Crippen MR) is 193 cm³/mol. The van der Waals surface area contributed by atoms with E-state index in [2.05, 4.69) is 10.6 Å². The molecular weight excluding hydrogens is 666 g/mol. The highest BCUT2D eigenvalue weighted by Gasteiger charge is 2.61. The smallest absolute Gasteiger partial charge is 0.408 e. The monoisotopic (exact) mass is 713 g/mol. The van der Waals surface area contributed by atoms with E-state index in [1.807, 2.05) is 67.6 Å². The quantitative estimate of drug-likeness (QED) is 0.269. The minimum absolute atomic E-state index is 0.00988. The van der Waals surface area contributed by atoms with Gasteiger partial charge in [-0.3, -0.25) is 9.59 Å². The molecule has 2 fully saturated rings. The molecule has 276 valence electrons. The number of carbonyl (C=O) groups excluding carboxylic acids is 3. The fourth-order valence-corrected chi connectivity index (χ4v) is 6.88. The number of ether oxygens (including phenoxy) is 3. The van der Waals surface area contributed by atoms with Gasteiger partial charge >= 0.3 is 12.1 Å². The lowest BCUT2D eigenvalue weighted by Crippen LogP contribution is -2.56. The van der Waals surface area contributed by atoms with Gasteiger partial charge in [0.15, 0.2) is 0 Å². The third-order valence-electron chi connectivity index (χ3n) is 9.57. The zero-order valence-electron chi connectivity index (χ0n) is 30.1. The molecule has 13 nitrogen and oxygen atoms in total. The van der Waals surface area contributed by atoms with Crippen molar-refractivity contribution in [3.63, 3.8) is 0 Å². The van der Waals surface area contributed by atoms with Crippen LogP contribution in [-0.2, 0) is 19.1 Å². The van der Waals surface area contributed by atoms with Crippen molar-refractivity contribution < 1.29 is 38.5 Å². The number of carboxylic acid groups (broad SMARTS) is 1. The highest BCUT2D eigenvalue weighted by Crippen LogP contribution is 2.45. The lowest BCUT2D eigenvalue weighted by Gasteiger charge is -2.30. The Labute approximate surface area is 303 Å². The van der Waals surface area contributed by atoms with Crippen molar-refractivity contribution in [2.75, 3.05) is 13.2 Å². The molecule has 1 aromatic heterocycles. The van der Waals surface area contributed by atoms with Crippen molar-refractivity contribution in [1.82, 2.24) is 25.5 Å². The number of nitrogens with one attached hydrogen (secondary N) is 2. The van der Waals surface area contributed by atoms with Gasteiger partial charge in [0.25, 0.3) is 0 Å². The summed E-state index contributed by atoms with van der Waals surface area (Å²) in [6.07, 6.45) is 6.02. The summed E-state index contributed by atoms with van der Waals surface area (Å²) in [5.74, 6) is -1.63. The van der Waals surface area contributed by atoms with E-state index in [0.29, 0.717) is 41.9 Å². The molecule has 3 aliphatic rings. The molecule has 2 aromatic carbocycles. The molecule has 1 saturated heterocycles. The summed E-state index contributed by atoms with van der Waals surface area (Å²) in [6, 6.07) is 12.8. The van der Waals surface area contributed by atoms with Crippen LogP contribution in [0.1, 0.15) is 72.6 Å². The van der Waals surface area contributed by atoms with E-state index in [0.717, 1.165) is 24.8 Å². The van der Waals surface area contributed by atoms with E-state index in [-0.39, 0.29) is 31.2 Å². The first kappa shape index (κ1) is 36.6. The van der Waals surface area contributed by atoms with E-state index in [9.17, 15) is 24.3 Å². The lowest BCUT2D eigenvalue weighted by atomic mass is 10.0. The molecule has 0 bridgehead atoms. The number of aliphatic carboxylic acids is 1. The summed E-state index contributed by atoms with van der Waals surface area (Å²) in [5.41, 5.74) is 0.227. The lowest BCUT2D eigenvalue weighted by molar-refractivity contribution is -0.145. The maximum Gasteiger partial charge on any atom is 0.408 e. The van der Waals surface area contributed by atoms with E-state index < -0.39 is 53.2 Å². The van der Waals surface area contributed by atoms with Crippen LogP contribution >= 0.6 is 0 Å². The van der Waals surface area contributed by atoms with E-state index in [4.69, 9.17) is 24.2 Å². The zero-order valence-corrected chi connectivity index (χ0v) is 30.1. The van der Waals surface area contributed by atoms with Crippen LogP contribution in [0, 0.1) is 5.92 Å². The first-order valence-corrected chi connectivity index (χ1v) is 18.1. The number of carboxylic acids is 1. The molecule has 3 unspecified atom stereocenters. The second-order valence-corrected chi connectivity index (χ2v) is 14.6. The van der Waals surface area contributed by atoms with Crippen LogP contribution in [0.25, 0.3) is 22.3 Å². The Morgan fingerprint density at radius 2 is 1.77 bits per heavy atom. The van der Waals surface area contributed by atoms with Crippen LogP contribution in [0.5, 0.6) is 11.6 Å². The number of para-hydroxylation sites is 2. The summed E-state index contributed by atoms with van der Waals surface area (Å²) in [5, 5.41) is 15.8. The predicted octanol–water partition coefficient (Wildman–Crippen LogP) is 5.42. The molecule has 0 radical (unpaired) electrons. The molecule has 1 aliphatic carbocycles. The highest BCUT2D eigenvalue weighted by atomic mass is 16.6. The van der Waals surface area contributed by atoms with E-state index >= 15 is 0 Å². The second kappa shape index (κ2) is 15.2. The maximum atomic E-state index is 14.4. The number of fused-ring (bicyclic) bond motifs is 3. The number of carbonyl (C=O) groups is 4. The minimum atomic E-state index is -1.46. The van der Waals surface area contributed by atoms with Crippen LogP contribution in [0.2, 0.25) is 0 Å². The van der Waals surface area contributed by atoms with Gasteiger partial charge < -0.3 is 34.9 Å². The van der Waals surface area contributed by atoms with Gasteiger partial charge in [0, 0.05) is 17.9 Å². The topological polar surface area (TPSA) is 169 Å². The molecule has 0 spiro atoms. The van der Waals surface area contributed by atoms with Gasteiger partial charge in [0.1, 0.15) is 40.8 Å². The number of hydrogen-bond donors (Lipinski definition) is 3. The molecule has 2 aliphatic heterocycles. The molecule has 6 rings (SSSR count). The normalized spacial score (nSPS) is 25.8. The first-order chi connectivity index (χ1) is 24.9. The fourth-order valence-electron chi connectivity index (χ4n) is 6.88. The molecular formula is C39H47N5O8. The van der Waals surface area contributed by atoms with E-state index in [1.165, 1.54) is 4.90 Å². The summed E-state index contributed by atoms with van der Waals surface area (Å²) >= 11 is 0. The van der Waals surface area contributed by atoms with Crippen molar-refractivity contribution in [3.8, 4) is 22.9 Å². The van der Waals surface area contributed by atoms with Crippen LogP contribution < -0.4 is 20.1 Å². The second-order valence-electron chi connectivity index (χ2n) is 14.6. The molecule has 52 heavy (non-hydrogen) atoms. The molecule has 13 heteroatoms. The first-order valence-electron chi connectivity index (χ1n) is 18.1. The van der Waals surface area contributed by atoms with Gasteiger partial charge in [-0.2, -0.15) is 0 Å². The maximum absolute atomic E-state index is 14.4. The van der Waals surface area contributed by atoms with Crippen LogP contribution in [0.15, 0.2) is 60.7 Å². The number of benzene rings is 2. The van der Waals surface area contributed by atoms with Crippen molar-refractivity contribution in [2.24, 2.45) is 5.92 Å². The summed E-state index contributed by atoms with van der Waals surface area (Å²) in [6.45, 7) is 7.64. The van der Waals surface area contributed by atoms with Crippen molar-refractivity contribution >= 4 is 34.9 Å².